The molecule has 0 aliphatic heterocycles. The fourth-order valence-corrected chi connectivity index (χ4v) is 2.28. The van der Waals surface area contributed by atoms with Crippen LogP contribution in [0.1, 0.15) is 20.8 Å². The van der Waals surface area contributed by atoms with Crippen molar-refractivity contribution in [2.24, 2.45) is 5.92 Å². The van der Waals surface area contributed by atoms with Gasteiger partial charge < -0.3 is 5.32 Å². The van der Waals surface area contributed by atoms with E-state index in [4.69, 9.17) is 0 Å². The van der Waals surface area contributed by atoms with Crippen molar-refractivity contribution in [3.05, 3.63) is 0 Å². The summed E-state index contributed by atoms with van der Waals surface area (Å²) in [5.74, 6) is 0.689. The van der Waals surface area contributed by atoms with Crippen LogP contribution in [0.3, 0.4) is 0 Å². The van der Waals surface area contributed by atoms with E-state index in [1.54, 1.807) is 7.05 Å². The smallest absolute Gasteiger partial charge is 0.164 e. The summed E-state index contributed by atoms with van der Waals surface area (Å²) in [6.45, 7) is 5.69. The Morgan fingerprint density at radius 2 is 1.83 bits per heavy atom. The van der Waals surface area contributed by atoms with Gasteiger partial charge in [0.1, 0.15) is 5.78 Å². The lowest BCUT2D eigenvalue weighted by atomic mass is 9.99. The summed E-state index contributed by atoms with van der Waals surface area (Å²) < 4.78 is 0. The Labute approximate surface area is 120 Å². The molecule has 6 heteroatoms. The Bertz CT molecular complexity index is 285. The van der Waals surface area contributed by atoms with Gasteiger partial charge in [0.05, 0.1) is 18.6 Å². The van der Waals surface area contributed by atoms with E-state index in [0.29, 0.717) is 11.7 Å². The Hall–Kier alpha value is -0.0400. The number of hydrogen-bond acceptors (Lipinski definition) is 6. The Morgan fingerprint density at radius 3 is 2.17 bits per heavy atom. The van der Waals surface area contributed by atoms with Gasteiger partial charge in [-0.05, 0) is 19.9 Å². The van der Waals surface area contributed by atoms with Gasteiger partial charge >= 0.3 is 0 Å². The van der Waals surface area contributed by atoms with Crippen LogP contribution >= 0.6 is 25.3 Å². The largest absolute Gasteiger partial charge is 0.310 e. The minimum absolute atomic E-state index is 0.00918. The van der Waals surface area contributed by atoms with Crippen molar-refractivity contribution in [1.29, 1.82) is 0 Å². The van der Waals surface area contributed by atoms with E-state index >= 15 is 0 Å². The van der Waals surface area contributed by atoms with Crippen molar-refractivity contribution in [3.63, 3.8) is 0 Å². The molecule has 0 aliphatic rings. The number of ketones is 2. The van der Waals surface area contributed by atoms with Crippen LogP contribution in [0.25, 0.3) is 0 Å². The summed E-state index contributed by atoms with van der Waals surface area (Å²) in [5, 5.41) is 5.87. The van der Waals surface area contributed by atoms with E-state index in [1.807, 2.05) is 13.8 Å². The summed E-state index contributed by atoms with van der Waals surface area (Å²) in [6.07, 6.45) is 0. The molecule has 4 nitrogen and oxygen atoms in total. The maximum absolute atomic E-state index is 12.1. The third-order valence-electron chi connectivity index (χ3n) is 2.88. The Morgan fingerprint density at radius 1 is 1.28 bits per heavy atom. The Balaban J connectivity index is 4.41. The zero-order chi connectivity index (χ0) is 14.3. The average Bonchev–Trinajstić information content (AvgIpc) is 2.29. The molecule has 0 spiro atoms. The SMILES string of the molecule is CN[C@H](C(=O)CN[C@@H](CS)C(C)=O)C(S)C(C)C. The summed E-state index contributed by atoms with van der Waals surface area (Å²) in [5.41, 5.74) is 0. The lowest BCUT2D eigenvalue weighted by Crippen LogP contribution is -2.50. The number of carbonyl (C=O) groups is 2. The van der Waals surface area contributed by atoms with Gasteiger partial charge in [0.2, 0.25) is 0 Å². The maximum atomic E-state index is 12.1. The topological polar surface area (TPSA) is 58.2 Å². The van der Waals surface area contributed by atoms with Gasteiger partial charge in [-0.1, -0.05) is 13.8 Å². The minimum Gasteiger partial charge on any atom is -0.310 e. The van der Waals surface area contributed by atoms with Gasteiger partial charge in [-0.25, -0.2) is 0 Å². The van der Waals surface area contributed by atoms with Crippen molar-refractivity contribution < 1.29 is 9.59 Å². The molecule has 106 valence electrons. The average molecular weight is 292 g/mol. The highest BCUT2D eigenvalue weighted by atomic mass is 32.1. The molecule has 0 saturated heterocycles. The number of likely N-dealkylation sites (N-methyl/N-ethyl adjacent to an activating group) is 1. The molecule has 0 bridgehead atoms. The molecule has 0 aliphatic carbocycles. The van der Waals surface area contributed by atoms with Gasteiger partial charge in [-0.2, -0.15) is 25.3 Å². The van der Waals surface area contributed by atoms with Gasteiger partial charge in [0.25, 0.3) is 0 Å². The molecule has 0 radical (unpaired) electrons. The lowest BCUT2D eigenvalue weighted by molar-refractivity contribution is -0.121. The number of thiol groups is 2. The highest BCUT2D eigenvalue weighted by Crippen LogP contribution is 2.14. The van der Waals surface area contributed by atoms with Crippen LogP contribution in [0.5, 0.6) is 0 Å². The second kappa shape index (κ2) is 8.96. The molecule has 2 N–H and O–H groups in total. The second-order valence-electron chi connectivity index (χ2n) is 4.69. The molecular formula is C12H24N2O2S2. The fourth-order valence-electron chi connectivity index (χ4n) is 1.58. The number of Topliss-reactive ketones (excluding diaryl/α,β-unsaturated/α-hetero) is 2. The van der Waals surface area contributed by atoms with E-state index < -0.39 is 0 Å². The maximum Gasteiger partial charge on any atom is 0.164 e. The highest BCUT2D eigenvalue weighted by molar-refractivity contribution is 7.81. The van der Waals surface area contributed by atoms with Crippen molar-refractivity contribution in [1.82, 2.24) is 10.6 Å². The molecule has 3 atom stereocenters. The van der Waals surface area contributed by atoms with E-state index in [-0.39, 0.29) is 35.4 Å². The molecule has 0 aromatic heterocycles. The standard InChI is InChI=1S/C12H24N2O2S2/c1-7(2)12(18)11(13-4)10(16)5-14-9(6-17)8(3)15/h7,9,11-14,17-18H,5-6H2,1-4H3/t9-,11+,12?/m0/s1. The highest BCUT2D eigenvalue weighted by Gasteiger charge is 2.26. The number of carbonyl (C=O) groups excluding carboxylic acids is 2. The van der Waals surface area contributed by atoms with E-state index in [0.717, 1.165) is 0 Å². The summed E-state index contributed by atoms with van der Waals surface area (Å²) in [7, 11) is 1.75. The summed E-state index contributed by atoms with van der Waals surface area (Å²) in [4.78, 5) is 23.3. The molecule has 0 amide bonds. The molecular weight excluding hydrogens is 268 g/mol. The van der Waals surface area contributed by atoms with E-state index in [2.05, 4.69) is 35.9 Å². The molecule has 18 heavy (non-hydrogen) atoms. The quantitative estimate of drug-likeness (QED) is 0.470. The normalized spacial score (nSPS) is 16.4. The fraction of sp³-hybridized carbons (Fsp3) is 0.833. The third-order valence-corrected chi connectivity index (χ3v) is 4.14. The number of hydrogen-bond donors (Lipinski definition) is 4. The first-order chi connectivity index (χ1) is 8.34. The molecule has 0 aromatic carbocycles. The van der Waals surface area contributed by atoms with Crippen LogP contribution in [-0.4, -0.2) is 48.2 Å². The molecule has 0 aromatic rings. The number of rotatable bonds is 9. The molecule has 0 fully saturated rings. The van der Waals surface area contributed by atoms with Gasteiger partial charge in [-0.3, -0.25) is 14.9 Å². The predicted molar refractivity (Wildman–Crippen MR) is 81.8 cm³/mol. The van der Waals surface area contributed by atoms with Crippen LogP contribution < -0.4 is 10.6 Å². The Kier molecular flexibility index (Phi) is 8.94. The van der Waals surface area contributed by atoms with Gasteiger partial charge in [0, 0.05) is 11.0 Å². The van der Waals surface area contributed by atoms with Crippen LogP contribution in [0.2, 0.25) is 0 Å². The van der Waals surface area contributed by atoms with Crippen molar-refractivity contribution >= 4 is 36.8 Å². The lowest BCUT2D eigenvalue weighted by Gasteiger charge is -2.25. The zero-order valence-corrected chi connectivity index (χ0v) is 13.2. The van der Waals surface area contributed by atoms with Crippen LogP contribution in [0.15, 0.2) is 0 Å². The molecule has 0 heterocycles. The third kappa shape index (κ3) is 5.73. The predicted octanol–water partition coefficient (Wildman–Crippen LogP) is 0.575. The van der Waals surface area contributed by atoms with Crippen LogP contribution in [-0.2, 0) is 9.59 Å². The van der Waals surface area contributed by atoms with Gasteiger partial charge in [-0.15, -0.1) is 0 Å². The van der Waals surface area contributed by atoms with Crippen molar-refractivity contribution in [2.75, 3.05) is 19.3 Å². The second-order valence-corrected chi connectivity index (χ2v) is 5.66. The summed E-state index contributed by atoms with van der Waals surface area (Å²) >= 11 is 8.53. The first-order valence-corrected chi connectivity index (χ1v) is 7.22. The van der Waals surface area contributed by atoms with Crippen LogP contribution in [0.4, 0.5) is 0 Å². The van der Waals surface area contributed by atoms with E-state index in [1.165, 1.54) is 6.92 Å². The van der Waals surface area contributed by atoms with Crippen molar-refractivity contribution in [2.45, 2.75) is 38.1 Å². The van der Waals surface area contributed by atoms with Gasteiger partial charge in [0.15, 0.2) is 5.78 Å². The minimum atomic E-state index is -0.368. The first kappa shape index (κ1) is 18.0. The number of nitrogens with one attached hydrogen (secondary N) is 2. The van der Waals surface area contributed by atoms with Crippen molar-refractivity contribution in [3.8, 4) is 0 Å². The zero-order valence-electron chi connectivity index (χ0n) is 11.4. The van der Waals surface area contributed by atoms with Crippen LogP contribution in [0, 0.1) is 5.92 Å². The monoisotopic (exact) mass is 292 g/mol. The summed E-state index contributed by atoms with van der Waals surface area (Å²) in [6, 6.07) is -0.680. The first-order valence-electron chi connectivity index (χ1n) is 6.07. The molecule has 1 unspecified atom stereocenters. The molecule has 0 rings (SSSR count). The van der Waals surface area contributed by atoms with E-state index in [9.17, 15) is 9.59 Å². The molecule has 0 saturated carbocycles.